The Morgan fingerprint density at radius 3 is 1.91 bits per heavy atom. The van der Waals surface area contributed by atoms with Crippen molar-refractivity contribution in [1.29, 1.82) is 0 Å². The normalized spacial score (nSPS) is 30.2. The second-order valence-corrected chi connectivity index (χ2v) is 5.80. The van der Waals surface area contributed by atoms with E-state index in [1.807, 2.05) is 42.5 Å². The molecule has 0 N–H and O–H groups in total. The first-order chi connectivity index (χ1) is 10.8. The molecule has 0 aromatic heterocycles. The van der Waals surface area contributed by atoms with Crippen LogP contribution in [-0.2, 0) is 25.6 Å². The van der Waals surface area contributed by atoms with Crippen LogP contribution in [0.1, 0.15) is 11.1 Å². The minimum absolute atomic E-state index is 0.213. The molecule has 3 heterocycles. The Kier molecular flexibility index (Phi) is 3.18. The van der Waals surface area contributed by atoms with Gasteiger partial charge in [0.2, 0.25) is 0 Å². The summed E-state index contributed by atoms with van der Waals surface area (Å²) in [5.74, 6) is -0.284. The van der Waals surface area contributed by atoms with Gasteiger partial charge in [0.1, 0.15) is 5.75 Å². The van der Waals surface area contributed by atoms with Gasteiger partial charge in [0.15, 0.2) is 0 Å². The van der Waals surface area contributed by atoms with Gasteiger partial charge in [0.25, 0.3) is 0 Å². The summed E-state index contributed by atoms with van der Waals surface area (Å²) in [6.45, 7) is 1.76. The zero-order valence-electron chi connectivity index (χ0n) is 12.5. The van der Waals surface area contributed by atoms with Crippen molar-refractivity contribution < 1.29 is 18.9 Å². The molecule has 0 radical (unpaired) electrons. The van der Waals surface area contributed by atoms with Crippen molar-refractivity contribution in [2.45, 2.75) is 11.4 Å². The van der Waals surface area contributed by atoms with E-state index in [1.165, 1.54) is 5.56 Å². The molecule has 2 aromatic carbocycles. The number of benzene rings is 2. The third-order valence-electron chi connectivity index (χ3n) is 4.45. The van der Waals surface area contributed by atoms with Gasteiger partial charge in [-0.05, 0) is 29.8 Å². The maximum absolute atomic E-state index is 6.00. The Morgan fingerprint density at radius 1 is 0.773 bits per heavy atom. The van der Waals surface area contributed by atoms with Crippen LogP contribution in [0.15, 0.2) is 54.6 Å². The van der Waals surface area contributed by atoms with Gasteiger partial charge < -0.3 is 18.9 Å². The molecule has 114 valence electrons. The summed E-state index contributed by atoms with van der Waals surface area (Å²) in [5.41, 5.74) is 1.84. The van der Waals surface area contributed by atoms with Crippen molar-refractivity contribution in [3.63, 3.8) is 0 Å². The minimum Gasteiger partial charge on any atom is -0.497 e. The quantitative estimate of drug-likeness (QED) is 0.873. The molecule has 0 amide bonds. The van der Waals surface area contributed by atoms with E-state index in [4.69, 9.17) is 18.9 Å². The highest BCUT2D eigenvalue weighted by atomic mass is 16.9. The highest BCUT2D eigenvalue weighted by Crippen LogP contribution is 2.45. The van der Waals surface area contributed by atoms with Crippen molar-refractivity contribution in [2.24, 2.45) is 0 Å². The Labute approximate surface area is 129 Å². The smallest absolute Gasteiger partial charge is 0.312 e. The fourth-order valence-corrected chi connectivity index (χ4v) is 3.04. The topological polar surface area (TPSA) is 36.9 Å². The van der Waals surface area contributed by atoms with Gasteiger partial charge in [-0.25, -0.2) is 0 Å². The lowest BCUT2D eigenvalue weighted by molar-refractivity contribution is -0.466. The summed E-state index contributed by atoms with van der Waals surface area (Å²) in [5, 5.41) is 0. The van der Waals surface area contributed by atoms with E-state index in [0.717, 1.165) is 11.3 Å². The van der Waals surface area contributed by atoms with E-state index < -0.39 is 5.97 Å². The highest BCUT2D eigenvalue weighted by molar-refractivity contribution is 5.32. The number of rotatable bonds is 3. The van der Waals surface area contributed by atoms with Crippen LogP contribution in [0.4, 0.5) is 0 Å². The summed E-state index contributed by atoms with van der Waals surface area (Å²) in [4.78, 5) is 0. The zero-order chi connectivity index (χ0) is 15.0. The Balaban J connectivity index is 1.60. The molecule has 3 fully saturated rings. The number of hydrogen-bond donors (Lipinski definition) is 0. The summed E-state index contributed by atoms with van der Waals surface area (Å²) < 4.78 is 23.2. The molecule has 0 aliphatic carbocycles. The maximum atomic E-state index is 6.00. The lowest BCUT2D eigenvalue weighted by Gasteiger charge is -2.52. The summed E-state index contributed by atoms with van der Waals surface area (Å²) in [7, 11) is 1.65. The molecule has 4 heteroatoms. The molecule has 0 atom stereocenters. The molecule has 5 rings (SSSR count). The van der Waals surface area contributed by atoms with E-state index in [-0.39, 0.29) is 5.41 Å². The van der Waals surface area contributed by atoms with Gasteiger partial charge in [-0.1, -0.05) is 30.3 Å². The number of fused-ring (bicyclic) bond motifs is 3. The number of hydrogen-bond acceptors (Lipinski definition) is 4. The van der Waals surface area contributed by atoms with E-state index in [9.17, 15) is 0 Å². The lowest BCUT2D eigenvalue weighted by atomic mass is 9.81. The second kappa shape index (κ2) is 5.09. The minimum atomic E-state index is -1.08. The molecule has 2 aromatic rings. The Bertz CT molecular complexity index is 626. The van der Waals surface area contributed by atoms with Crippen molar-refractivity contribution in [1.82, 2.24) is 0 Å². The predicted molar refractivity (Wildman–Crippen MR) is 80.6 cm³/mol. The van der Waals surface area contributed by atoms with Crippen molar-refractivity contribution in [3.8, 4) is 5.75 Å². The van der Waals surface area contributed by atoms with Crippen LogP contribution in [0.3, 0.4) is 0 Å². The zero-order valence-corrected chi connectivity index (χ0v) is 12.5. The average Bonchev–Trinajstić information content (AvgIpc) is 2.64. The van der Waals surface area contributed by atoms with Crippen LogP contribution in [0.25, 0.3) is 0 Å². The van der Waals surface area contributed by atoms with Crippen molar-refractivity contribution in [3.05, 3.63) is 65.7 Å². The molecular weight excluding hydrogens is 280 g/mol. The van der Waals surface area contributed by atoms with E-state index in [2.05, 4.69) is 12.1 Å². The second-order valence-electron chi connectivity index (χ2n) is 5.80. The summed E-state index contributed by atoms with van der Waals surface area (Å²) in [6, 6.07) is 17.9. The van der Waals surface area contributed by atoms with Gasteiger partial charge in [-0.3, -0.25) is 0 Å². The van der Waals surface area contributed by atoms with E-state index in [1.54, 1.807) is 7.11 Å². The van der Waals surface area contributed by atoms with Gasteiger partial charge in [0.05, 0.1) is 32.3 Å². The molecule has 3 aliphatic rings. The van der Waals surface area contributed by atoms with E-state index in [0.29, 0.717) is 19.8 Å². The van der Waals surface area contributed by atoms with E-state index >= 15 is 0 Å². The molecular formula is C18H18O4. The Hall–Kier alpha value is -1.88. The molecule has 2 bridgehead atoms. The maximum Gasteiger partial charge on any atom is 0.312 e. The third-order valence-corrected chi connectivity index (χ3v) is 4.45. The third kappa shape index (κ3) is 2.03. The standard InChI is InChI=1S/C18H18O4/c1-19-16-9-7-15(8-10-16)18-20-11-17(12-21-18,13-22-18)14-5-3-2-4-6-14/h2-10H,11-13H2,1H3. The molecule has 3 saturated heterocycles. The van der Waals surface area contributed by atoms with Crippen LogP contribution < -0.4 is 4.74 Å². The van der Waals surface area contributed by atoms with Crippen LogP contribution in [0.5, 0.6) is 5.75 Å². The van der Waals surface area contributed by atoms with Gasteiger partial charge in [0, 0.05) is 5.56 Å². The highest BCUT2D eigenvalue weighted by Gasteiger charge is 2.54. The van der Waals surface area contributed by atoms with Gasteiger partial charge in [-0.2, -0.15) is 0 Å². The Morgan fingerprint density at radius 2 is 1.36 bits per heavy atom. The molecule has 22 heavy (non-hydrogen) atoms. The SMILES string of the molecule is COc1ccc(C23OCC(c4ccccc4)(CO2)CO3)cc1. The molecule has 0 saturated carbocycles. The number of methoxy groups -OCH3 is 1. The van der Waals surface area contributed by atoms with Crippen LogP contribution in [0, 0.1) is 0 Å². The van der Waals surface area contributed by atoms with Crippen molar-refractivity contribution >= 4 is 0 Å². The fraction of sp³-hybridized carbons (Fsp3) is 0.333. The van der Waals surface area contributed by atoms with Crippen molar-refractivity contribution in [2.75, 3.05) is 26.9 Å². The molecule has 3 aliphatic heterocycles. The van der Waals surface area contributed by atoms with Gasteiger partial charge in [-0.15, -0.1) is 0 Å². The van der Waals surface area contributed by atoms with Crippen LogP contribution in [0.2, 0.25) is 0 Å². The lowest BCUT2D eigenvalue weighted by Crippen LogP contribution is -2.60. The van der Waals surface area contributed by atoms with Crippen LogP contribution in [-0.4, -0.2) is 26.9 Å². The predicted octanol–water partition coefficient (Wildman–Crippen LogP) is 2.82. The van der Waals surface area contributed by atoms with Crippen LogP contribution >= 0.6 is 0 Å². The summed E-state index contributed by atoms with van der Waals surface area (Å²) >= 11 is 0. The average molecular weight is 298 g/mol. The first kappa shape index (κ1) is 13.8. The molecule has 4 nitrogen and oxygen atoms in total. The fourth-order valence-electron chi connectivity index (χ4n) is 3.04. The first-order valence-corrected chi connectivity index (χ1v) is 7.38. The monoisotopic (exact) mass is 298 g/mol. The van der Waals surface area contributed by atoms with Gasteiger partial charge >= 0.3 is 5.97 Å². The first-order valence-electron chi connectivity index (χ1n) is 7.38. The molecule has 0 unspecified atom stereocenters. The summed E-state index contributed by atoms with van der Waals surface area (Å²) in [6.07, 6.45) is 0. The largest absolute Gasteiger partial charge is 0.497 e. The number of ether oxygens (including phenoxy) is 4. The molecule has 0 spiro atoms.